The van der Waals surface area contributed by atoms with Crippen molar-refractivity contribution in [1.82, 2.24) is 15.3 Å². The van der Waals surface area contributed by atoms with Crippen LogP contribution < -0.4 is 5.32 Å². The molecule has 1 unspecified atom stereocenters. The zero-order valence-corrected chi connectivity index (χ0v) is 11.1. The van der Waals surface area contributed by atoms with Crippen LogP contribution in [0.15, 0.2) is 36.5 Å². The first kappa shape index (κ1) is 12.7. The lowest BCUT2D eigenvalue weighted by atomic mass is 10.0. The molecule has 2 heterocycles. The van der Waals surface area contributed by atoms with Gasteiger partial charge in [0.15, 0.2) is 0 Å². The maximum absolute atomic E-state index is 4.60. The van der Waals surface area contributed by atoms with E-state index >= 15 is 0 Å². The van der Waals surface area contributed by atoms with Crippen LogP contribution in [0.1, 0.15) is 35.6 Å². The Bertz CT molecular complexity index is 505. The summed E-state index contributed by atoms with van der Waals surface area (Å²) in [4.78, 5) is 8.96. The van der Waals surface area contributed by atoms with Crippen molar-refractivity contribution in [1.29, 1.82) is 0 Å². The van der Waals surface area contributed by atoms with Crippen molar-refractivity contribution in [2.45, 2.75) is 26.8 Å². The molecule has 0 aliphatic heterocycles. The molecule has 3 nitrogen and oxygen atoms in total. The van der Waals surface area contributed by atoms with E-state index in [0.29, 0.717) is 0 Å². The zero-order chi connectivity index (χ0) is 13.0. The molecule has 0 saturated carbocycles. The summed E-state index contributed by atoms with van der Waals surface area (Å²) in [7, 11) is 0. The molecule has 0 aliphatic carbocycles. The molecular weight excluding hydrogens is 222 g/mol. The predicted molar refractivity (Wildman–Crippen MR) is 73.5 cm³/mol. The molecule has 1 atom stereocenters. The summed E-state index contributed by atoms with van der Waals surface area (Å²) in [5.74, 6) is 0. The minimum Gasteiger partial charge on any atom is -0.305 e. The van der Waals surface area contributed by atoms with E-state index in [2.05, 4.69) is 34.3 Å². The van der Waals surface area contributed by atoms with Crippen molar-refractivity contribution in [2.24, 2.45) is 0 Å². The molecule has 0 spiro atoms. The van der Waals surface area contributed by atoms with Crippen LogP contribution >= 0.6 is 0 Å². The van der Waals surface area contributed by atoms with Crippen molar-refractivity contribution >= 4 is 0 Å². The summed E-state index contributed by atoms with van der Waals surface area (Å²) in [6.07, 6.45) is 1.92. The number of aromatic nitrogens is 2. The Hall–Kier alpha value is -1.74. The van der Waals surface area contributed by atoms with Gasteiger partial charge in [0, 0.05) is 17.6 Å². The van der Waals surface area contributed by atoms with E-state index in [1.165, 1.54) is 0 Å². The molecule has 94 valence electrons. The smallest absolute Gasteiger partial charge is 0.0766 e. The van der Waals surface area contributed by atoms with E-state index < -0.39 is 0 Å². The molecule has 0 aliphatic rings. The normalized spacial score (nSPS) is 12.4. The summed E-state index contributed by atoms with van der Waals surface area (Å²) < 4.78 is 0. The Labute approximate surface area is 108 Å². The Morgan fingerprint density at radius 1 is 1.11 bits per heavy atom. The van der Waals surface area contributed by atoms with Crippen molar-refractivity contribution < 1.29 is 0 Å². The molecule has 18 heavy (non-hydrogen) atoms. The third-order valence-electron chi connectivity index (χ3n) is 2.88. The van der Waals surface area contributed by atoms with Crippen molar-refractivity contribution in [3.63, 3.8) is 0 Å². The highest BCUT2D eigenvalue weighted by molar-refractivity contribution is 5.27. The van der Waals surface area contributed by atoms with E-state index in [4.69, 9.17) is 0 Å². The molecule has 0 fully saturated rings. The van der Waals surface area contributed by atoms with Crippen LogP contribution in [0.2, 0.25) is 0 Å². The Morgan fingerprint density at radius 3 is 2.56 bits per heavy atom. The minimum atomic E-state index is 0.114. The predicted octanol–water partition coefficient (Wildman–Crippen LogP) is 2.79. The second-order valence-corrected chi connectivity index (χ2v) is 4.43. The van der Waals surface area contributed by atoms with Gasteiger partial charge in [0.1, 0.15) is 0 Å². The van der Waals surface area contributed by atoms with Gasteiger partial charge < -0.3 is 5.32 Å². The van der Waals surface area contributed by atoms with E-state index in [1.807, 2.05) is 38.2 Å². The molecule has 1 N–H and O–H groups in total. The fourth-order valence-electron chi connectivity index (χ4n) is 1.97. The molecule has 0 amide bonds. The topological polar surface area (TPSA) is 37.8 Å². The van der Waals surface area contributed by atoms with Crippen LogP contribution in [0.3, 0.4) is 0 Å². The molecule has 0 radical (unpaired) electrons. The SMILES string of the molecule is CCNC(c1ccc(C)nc1)c1cccc(C)n1. The van der Waals surface area contributed by atoms with Crippen molar-refractivity contribution in [2.75, 3.05) is 6.54 Å². The number of rotatable bonds is 4. The van der Waals surface area contributed by atoms with Crippen LogP contribution in [-0.4, -0.2) is 16.5 Å². The van der Waals surface area contributed by atoms with E-state index in [9.17, 15) is 0 Å². The Morgan fingerprint density at radius 2 is 1.94 bits per heavy atom. The highest BCUT2D eigenvalue weighted by Crippen LogP contribution is 2.20. The van der Waals surface area contributed by atoms with Gasteiger partial charge in [-0.25, -0.2) is 0 Å². The van der Waals surface area contributed by atoms with Crippen LogP contribution in [0, 0.1) is 13.8 Å². The maximum Gasteiger partial charge on any atom is 0.0766 e. The lowest BCUT2D eigenvalue weighted by Crippen LogP contribution is -2.23. The number of hydrogen-bond acceptors (Lipinski definition) is 3. The zero-order valence-electron chi connectivity index (χ0n) is 11.1. The molecule has 3 heteroatoms. The first-order valence-corrected chi connectivity index (χ1v) is 6.30. The fraction of sp³-hybridized carbons (Fsp3) is 0.333. The summed E-state index contributed by atoms with van der Waals surface area (Å²) in [6.45, 7) is 7.01. The molecule has 2 aromatic heterocycles. The van der Waals surface area contributed by atoms with E-state index in [1.54, 1.807) is 0 Å². The van der Waals surface area contributed by atoms with Gasteiger partial charge >= 0.3 is 0 Å². The third kappa shape index (κ3) is 2.93. The van der Waals surface area contributed by atoms with Crippen LogP contribution in [0.25, 0.3) is 0 Å². The summed E-state index contributed by atoms with van der Waals surface area (Å²) in [5, 5.41) is 3.46. The van der Waals surface area contributed by atoms with Gasteiger partial charge in [-0.1, -0.05) is 19.1 Å². The Balaban J connectivity index is 2.36. The lowest BCUT2D eigenvalue weighted by Gasteiger charge is -2.18. The summed E-state index contributed by atoms with van der Waals surface area (Å²) in [5.41, 5.74) is 4.27. The average molecular weight is 241 g/mol. The molecule has 2 aromatic rings. The number of pyridine rings is 2. The Kier molecular flexibility index (Phi) is 4.05. The molecular formula is C15H19N3. The maximum atomic E-state index is 4.60. The highest BCUT2D eigenvalue weighted by Gasteiger charge is 2.14. The van der Waals surface area contributed by atoms with Gasteiger partial charge in [-0.05, 0) is 44.2 Å². The number of aryl methyl sites for hydroxylation is 2. The summed E-state index contributed by atoms with van der Waals surface area (Å²) >= 11 is 0. The van der Waals surface area contributed by atoms with Gasteiger partial charge in [0.05, 0.1) is 11.7 Å². The van der Waals surface area contributed by atoms with Gasteiger partial charge in [-0.3, -0.25) is 9.97 Å². The summed E-state index contributed by atoms with van der Waals surface area (Å²) in [6, 6.07) is 10.4. The minimum absolute atomic E-state index is 0.114. The average Bonchev–Trinajstić information content (AvgIpc) is 2.37. The standard InChI is InChI=1S/C15H19N3/c1-4-16-15(13-9-8-11(2)17-10-13)14-7-5-6-12(3)18-14/h5-10,15-16H,4H2,1-3H3. The van der Waals surface area contributed by atoms with Gasteiger partial charge in [-0.2, -0.15) is 0 Å². The van der Waals surface area contributed by atoms with Gasteiger partial charge in [0.25, 0.3) is 0 Å². The number of nitrogens with one attached hydrogen (secondary N) is 1. The van der Waals surface area contributed by atoms with Crippen molar-refractivity contribution in [3.05, 3.63) is 59.2 Å². The van der Waals surface area contributed by atoms with Crippen LogP contribution in [-0.2, 0) is 0 Å². The monoisotopic (exact) mass is 241 g/mol. The van der Waals surface area contributed by atoms with Crippen LogP contribution in [0.5, 0.6) is 0 Å². The van der Waals surface area contributed by atoms with E-state index in [-0.39, 0.29) is 6.04 Å². The van der Waals surface area contributed by atoms with Crippen molar-refractivity contribution in [3.8, 4) is 0 Å². The first-order chi connectivity index (χ1) is 8.70. The van der Waals surface area contributed by atoms with E-state index in [0.717, 1.165) is 29.2 Å². The van der Waals surface area contributed by atoms with Crippen LogP contribution in [0.4, 0.5) is 0 Å². The second-order valence-electron chi connectivity index (χ2n) is 4.43. The number of hydrogen-bond donors (Lipinski definition) is 1. The molecule has 0 aromatic carbocycles. The molecule has 0 bridgehead atoms. The first-order valence-electron chi connectivity index (χ1n) is 6.30. The largest absolute Gasteiger partial charge is 0.305 e. The highest BCUT2D eigenvalue weighted by atomic mass is 14.9. The fourth-order valence-corrected chi connectivity index (χ4v) is 1.97. The molecule has 2 rings (SSSR count). The third-order valence-corrected chi connectivity index (χ3v) is 2.88. The lowest BCUT2D eigenvalue weighted by molar-refractivity contribution is 0.612. The molecule has 0 saturated heterocycles. The number of nitrogens with zero attached hydrogens (tertiary/aromatic N) is 2. The van der Waals surface area contributed by atoms with Gasteiger partial charge in [0.2, 0.25) is 0 Å². The second kappa shape index (κ2) is 5.74. The quantitative estimate of drug-likeness (QED) is 0.894. The van der Waals surface area contributed by atoms with Gasteiger partial charge in [-0.15, -0.1) is 0 Å².